The van der Waals surface area contributed by atoms with Crippen molar-refractivity contribution in [3.05, 3.63) is 71.8 Å². The van der Waals surface area contributed by atoms with Crippen molar-refractivity contribution < 1.29 is 38.9 Å². The number of allylic oxidation sites excluding steroid dienone is 5. The number of carbonyl (C=O) groups is 4. The quantitative estimate of drug-likeness (QED) is 0.121. The zero-order chi connectivity index (χ0) is 33.0. The zero-order valence-electron chi connectivity index (χ0n) is 26.3. The fourth-order valence-electron chi connectivity index (χ4n) is 5.48. The number of carbonyl (C=O) groups excluding carboxylic acids is 4. The van der Waals surface area contributed by atoms with E-state index in [-0.39, 0.29) is 102 Å². The van der Waals surface area contributed by atoms with E-state index in [1.54, 1.807) is 0 Å². The Labute approximate surface area is 270 Å². The van der Waals surface area contributed by atoms with E-state index in [9.17, 15) is 19.2 Å². The van der Waals surface area contributed by atoms with Crippen LogP contribution in [0.5, 0.6) is 0 Å². The molecule has 0 heterocycles. The third kappa shape index (κ3) is 13.3. The Hall–Kier alpha value is -3.84. The number of aliphatic hydroxyl groups is 2. The Morgan fingerprint density at radius 1 is 0.761 bits per heavy atom. The molecule has 0 spiro atoms. The van der Waals surface area contributed by atoms with Gasteiger partial charge < -0.3 is 41.0 Å². The summed E-state index contributed by atoms with van der Waals surface area (Å²) in [6.07, 6.45) is 11.5. The van der Waals surface area contributed by atoms with Crippen LogP contribution in [0.1, 0.15) is 37.7 Å². The summed E-state index contributed by atoms with van der Waals surface area (Å²) in [5.41, 5.74) is 1.81. The Kier molecular flexibility index (Phi) is 16.8. The molecule has 3 atom stereocenters. The number of hydrogen-bond donors (Lipinski definition) is 6. The average Bonchev–Trinajstić information content (AvgIpc) is 3.35. The predicted molar refractivity (Wildman–Crippen MR) is 172 cm³/mol. The van der Waals surface area contributed by atoms with Gasteiger partial charge in [-0.1, -0.05) is 60.7 Å². The molecule has 1 saturated carbocycles. The highest BCUT2D eigenvalue weighted by Gasteiger charge is 2.39. The lowest BCUT2D eigenvalue weighted by atomic mass is 9.74. The highest BCUT2D eigenvalue weighted by atomic mass is 16.5. The zero-order valence-corrected chi connectivity index (χ0v) is 26.3. The topological polar surface area (TPSA) is 175 Å². The summed E-state index contributed by atoms with van der Waals surface area (Å²) in [6.45, 7) is 1.29. The Bertz CT molecular complexity index is 1170. The first-order valence-electron chi connectivity index (χ1n) is 16.0. The normalized spacial score (nSPS) is 19.8. The molecule has 12 heteroatoms. The maximum atomic E-state index is 13.8. The van der Waals surface area contributed by atoms with Crippen LogP contribution in [-0.2, 0) is 35.2 Å². The second kappa shape index (κ2) is 21.0. The number of aliphatic hydroxyl groups excluding tert-OH is 2. The average molecular weight is 641 g/mol. The maximum Gasteiger partial charge on any atom is 0.243 e. The van der Waals surface area contributed by atoms with E-state index in [1.165, 1.54) is 0 Å². The van der Waals surface area contributed by atoms with Gasteiger partial charge in [0.2, 0.25) is 23.6 Å². The van der Waals surface area contributed by atoms with Crippen molar-refractivity contribution in [3.63, 3.8) is 0 Å². The van der Waals surface area contributed by atoms with E-state index >= 15 is 0 Å². The van der Waals surface area contributed by atoms with Gasteiger partial charge in [-0.15, -0.1) is 0 Å². The van der Waals surface area contributed by atoms with Gasteiger partial charge in [0, 0.05) is 43.8 Å². The minimum atomic E-state index is -0.868. The van der Waals surface area contributed by atoms with Gasteiger partial charge in [0.1, 0.15) is 6.04 Å². The SMILES string of the molecule is O=C(NCCOCCO)C1CC(C(=O)NCCOCCO)CC(C(=O)NC(CC2=CC=CCC=C2)C(=O)NCc2ccccc2)C1. The third-order valence-electron chi connectivity index (χ3n) is 7.81. The predicted octanol–water partition coefficient (Wildman–Crippen LogP) is 0.903. The first kappa shape index (κ1) is 36.6. The van der Waals surface area contributed by atoms with Crippen LogP contribution >= 0.6 is 0 Å². The molecular weight excluding hydrogens is 592 g/mol. The molecule has 2 aliphatic rings. The number of hydrogen-bond acceptors (Lipinski definition) is 8. The van der Waals surface area contributed by atoms with Crippen LogP contribution in [0, 0.1) is 17.8 Å². The van der Waals surface area contributed by atoms with Gasteiger partial charge in [-0.2, -0.15) is 0 Å². The molecule has 46 heavy (non-hydrogen) atoms. The monoisotopic (exact) mass is 640 g/mol. The van der Waals surface area contributed by atoms with Crippen molar-refractivity contribution in [2.45, 2.75) is 44.7 Å². The van der Waals surface area contributed by atoms with E-state index in [0.717, 1.165) is 17.6 Å². The van der Waals surface area contributed by atoms with Crippen molar-refractivity contribution in [3.8, 4) is 0 Å². The third-order valence-corrected chi connectivity index (χ3v) is 7.81. The number of amides is 4. The molecule has 2 aliphatic carbocycles. The molecule has 1 aromatic carbocycles. The Balaban J connectivity index is 1.71. The van der Waals surface area contributed by atoms with Gasteiger partial charge in [-0.05, 0) is 36.8 Å². The van der Waals surface area contributed by atoms with Gasteiger partial charge in [0.05, 0.1) is 39.6 Å². The lowest BCUT2D eigenvalue weighted by Gasteiger charge is -2.33. The summed E-state index contributed by atoms with van der Waals surface area (Å²) < 4.78 is 10.4. The number of rotatable bonds is 19. The fourth-order valence-corrected chi connectivity index (χ4v) is 5.48. The molecule has 0 bridgehead atoms. The van der Waals surface area contributed by atoms with E-state index in [0.29, 0.717) is 6.54 Å². The summed E-state index contributed by atoms with van der Waals surface area (Å²) in [4.78, 5) is 53.5. The minimum Gasteiger partial charge on any atom is -0.394 e. The van der Waals surface area contributed by atoms with Gasteiger partial charge in [-0.3, -0.25) is 19.2 Å². The smallest absolute Gasteiger partial charge is 0.243 e. The van der Waals surface area contributed by atoms with Crippen molar-refractivity contribution >= 4 is 23.6 Å². The molecule has 1 aromatic rings. The van der Waals surface area contributed by atoms with Crippen LogP contribution in [0.3, 0.4) is 0 Å². The van der Waals surface area contributed by atoms with Gasteiger partial charge in [0.15, 0.2) is 0 Å². The molecule has 252 valence electrons. The first-order valence-corrected chi connectivity index (χ1v) is 16.0. The fraction of sp³-hybridized carbons (Fsp3) is 0.529. The van der Waals surface area contributed by atoms with Crippen molar-refractivity contribution in [1.82, 2.24) is 21.3 Å². The van der Waals surface area contributed by atoms with Crippen LogP contribution in [-0.4, -0.2) is 92.6 Å². The van der Waals surface area contributed by atoms with Crippen molar-refractivity contribution in [2.75, 3.05) is 52.7 Å². The lowest BCUT2D eigenvalue weighted by Crippen LogP contribution is -2.51. The molecule has 1 fully saturated rings. The second-order valence-corrected chi connectivity index (χ2v) is 11.3. The largest absolute Gasteiger partial charge is 0.394 e. The van der Waals surface area contributed by atoms with Crippen molar-refractivity contribution in [1.29, 1.82) is 0 Å². The molecule has 4 amide bonds. The number of nitrogens with one attached hydrogen (secondary N) is 4. The number of ether oxygens (including phenoxy) is 2. The van der Waals surface area contributed by atoms with E-state index in [1.807, 2.05) is 60.7 Å². The van der Waals surface area contributed by atoms with Gasteiger partial charge in [-0.25, -0.2) is 0 Å². The molecule has 12 nitrogen and oxygen atoms in total. The van der Waals surface area contributed by atoms with Crippen LogP contribution in [0.2, 0.25) is 0 Å². The lowest BCUT2D eigenvalue weighted by molar-refractivity contribution is -0.137. The molecule has 3 unspecified atom stereocenters. The molecule has 3 rings (SSSR count). The summed E-state index contributed by atoms with van der Waals surface area (Å²) in [5, 5.41) is 29.3. The molecule has 6 N–H and O–H groups in total. The maximum absolute atomic E-state index is 13.8. The van der Waals surface area contributed by atoms with Gasteiger partial charge >= 0.3 is 0 Å². The van der Waals surface area contributed by atoms with E-state index in [2.05, 4.69) is 21.3 Å². The van der Waals surface area contributed by atoms with Crippen LogP contribution in [0.15, 0.2) is 66.3 Å². The first-order chi connectivity index (χ1) is 22.4. The standard InChI is InChI=1S/C34H48N4O8/c39-14-18-45-16-12-35-31(41)27-21-28(32(42)36-13-17-46-19-15-40)23-29(22-27)33(43)38-30(20-25-8-4-1-2-5-9-25)34(44)37-24-26-10-6-3-7-11-26/h1,3-11,27-30,39-40H,2,12-24H2,(H,35,41)(H,36,42)(H,37,44)(H,38,43). The summed E-state index contributed by atoms with van der Waals surface area (Å²) in [5.74, 6) is -3.18. The van der Waals surface area contributed by atoms with Crippen molar-refractivity contribution in [2.24, 2.45) is 17.8 Å². The Morgan fingerprint density at radius 3 is 1.93 bits per heavy atom. The molecule has 0 aliphatic heterocycles. The van der Waals surface area contributed by atoms with Crippen LogP contribution in [0.25, 0.3) is 0 Å². The molecule has 0 saturated heterocycles. The van der Waals surface area contributed by atoms with Crippen LogP contribution < -0.4 is 21.3 Å². The van der Waals surface area contributed by atoms with Gasteiger partial charge in [0.25, 0.3) is 0 Å². The van der Waals surface area contributed by atoms with E-state index in [4.69, 9.17) is 19.7 Å². The summed E-state index contributed by atoms with van der Waals surface area (Å²) >= 11 is 0. The summed E-state index contributed by atoms with van der Waals surface area (Å²) in [7, 11) is 0. The molecule has 0 radical (unpaired) electrons. The van der Waals surface area contributed by atoms with E-state index < -0.39 is 23.8 Å². The summed E-state index contributed by atoms with van der Waals surface area (Å²) in [6, 6.07) is 8.62. The Morgan fingerprint density at radius 2 is 1.35 bits per heavy atom. The molecular formula is C34H48N4O8. The highest BCUT2D eigenvalue weighted by Crippen LogP contribution is 2.34. The minimum absolute atomic E-state index is 0.120. The molecule has 0 aromatic heterocycles. The number of benzene rings is 1. The highest BCUT2D eigenvalue weighted by molar-refractivity contribution is 5.90. The second-order valence-electron chi connectivity index (χ2n) is 11.3. The van der Waals surface area contributed by atoms with Crippen LogP contribution in [0.4, 0.5) is 0 Å².